The minimum atomic E-state index is -4.62. The Hall–Kier alpha value is -4.70. The Labute approximate surface area is 314 Å². The third kappa shape index (κ3) is 6.35. The molecule has 18 heteroatoms. The van der Waals surface area contributed by atoms with E-state index in [1.807, 2.05) is 34.4 Å². The van der Waals surface area contributed by atoms with Crippen molar-refractivity contribution in [2.75, 3.05) is 42.3 Å². The number of benzene rings is 1. The van der Waals surface area contributed by atoms with E-state index < -0.39 is 40.6 Å². The second kappa shape index (κ2) is 14.0. The molecule has 6 rings (SSSR count). The SMILES string of the molecule is CCc1c(N2CCN(C(=O)c3ncnc(C)c3O)[C@@H]3CC[C@]32C#CI)c(=O)c2nc(N(C)C)cnc2n1CC(=O)Nc1ccc(C(F)(F)F)cc1Cl. The van der Waals surface area contributed by atoms with Gasteiger partial charge in [-0.2, -0.15) is 13.2 Å². The average molecular weight is 850 g/mol. The summed E-state index contributed by atoms with van der Waals surface area (Å²) in [5.41, 5.74) is -1.48. The Kier molecular flexibility index (Phi) is 10.00. The van der Waals surface area contributed by atoms with Crippen LogP contribution in [0.3, 0.4) is 0 Å². The van der Waals surface area contributed by atoms with Gasteiger partial charge in [0.2, 0.25) is 11.3 Å². The molecule has 0 bridgehead atoms. The lowest BCUT2D eigenvalue weighted by atomic mass is 9.68. The van der Waals surface area contributed by atoms with E-state index in [2.05, 4.69) is 35.1 Å². The minimum absolute atomic E-state index is 0.00731. The highest BCUT2D eigenvalue weighted by Crippen LogP contribution is 2.47. The van der Waals surface area contributed by atoms with E-state index in [4.69, 9.17) is 11.6 Å². The molecule has 2 aliphatic rings. The van der Waals surface area contributed by atoms with Crippen LogP contribution in [0.1, 0.15) is 47.2 Å². The second-order valence-corrected chi connectivity index (χ2v) is 13.6. The molecule has 2 fully saturated rings. The number of hydrogen-bond donors (Lipinski definition) is 2. The lowest BCUT2D eigenvalue weighted by molar-refractivity contribution is -0.137. The number of alkyl halides is 3. The summed E-state index contributed by atoms with van der Waals surface area (Å²) >= 11 is 8.07. The summed E-state index contributed by atoms with van der Waals surface area (Å²) in [7, 11) is 3.49. The maximum Gasteiger partial charge on any atom is 0.416 e. The number of nitrogens with zero attached hydrogens (tertiary/aromatic N) is 8. The Bertz CT molecular complexity index is 2240. The van der Waals surface area contributed by atoms with Crippen molar-refractivity contribution < 1.29 is 27.9 Å². The molecule has 1 saturated heterocycles. The Morgan fingerprint density at radius 3 is 2.58 bits per heavy atom. The van der Waals surface area contributed by atoms with Crippen LogP contribution in [0.5, 0.6) is 5.75 Å². The van der Waals surface area contributed by atoms with Crippen LogP contribution in [0.25, 0.3) is 11.2 Å². The van der Waals surface area contributed by atoms with Crippen molar-refractivity contribution >= 4 is 74.4 Å². The number of piperazine rings is 1. The molecule has 4 aromatic rings. The molecule has 1 aliphatic heterocycles. The van der Waals surface area contributed by atoms with Crippen LogP contribution in [0.4, 0.5) is 30.4 Å². The minimum Gasteiger partial charge on any atom is -0.504 e. The largest absolute Gasteiger partial charge is 0.504 e. The van der Waals surface area contributed by atoms with Crippen molar-refractivity contribution in [2.45, 2.75) is 57.4 Å². The number of rotatable bonds is 7. The van der Waals surface area contributed by atoms with Gasteiger partial charge in [-0.1, -0.05) is 24.4 Å². The van der Waals surface area contributed by atoms with E-state index >= 15 is 0 Å². The summed E-state index contributed by atoms with van der Waals surface area (Å²) in [6, 6.07) is 2.15. The first-order valence-corrected chi connectivity index (χ1v) is 17.6. The lowest BCUT2D eigenvalue weighted by Gasteiger charge is -2.60. The molecular formula is C34H32ClF3IN9O4. The zero-order valence-electron chi connectivity index (χ0n) is 28.3. The fourth-order valence-corrected chi connectivity index (χ4v) is 7.51. The molecule has 1 saturated carbocycles. The molecule has 0 radical (unpaired) electrons. The molecule has 0 unspecified atom stereocenters. The monoisotopic (exact) mass is 849 g/mol. The Balaban J connectivity index is 1.46. The Morgan fingerprint density at radius 1 is 1.21 bits per heavy atom. The third-order valence-electron chi connectivity index (χ3n) is 9.47. The van der Waals surface area contributed by atoms with Gasteiger partial charge in [-0.05, 0) is 48.3 Å². The highest BCUT2D eigenvalue weighted by Gasteiger charge is 2.58. The highest BCUT2D eigenvalue weighted by molar-refractivity contribution is 14.1. The first-order valence-electron chi connectivity index (χ1n) is 16.1. The number of aromatic hydroxyl groups is 1. The van der Waals surface area contributed by atoms with E-state index in [1.165, 1.54) is 12.5 Å². The van der Waals surface area contributed by atoms with Crippen LogP contribution in [0.2, 0.25) is 5.02 Å². The summed E-state index contributed by atoms with van der Waals surface area (Å²) in [5.74, 6) is 2.25. The molecule has 4 heterocycles. The summed E-state index contributed by atoms with van der Waals surface area (Å²) in [4.78, 5) is 64.5. The van der Waals surface area contributed by atoms with Gasteiger partial charge in [0, 0.05) is 55.5 Å². The number of nitrogens with one attached hydrogen (secondary N) is 1. The number of carbonyl (C=O) groups is 2. The normalized spacial score (nSPS) is 18.3. The van der Waals surface area contributed by atoms with Crippen LogP contribution in [-0.2, 0) is 23.9 Å². The van der Waals surface area contributed by atoms with E-state index in [0.717, 1.165) is 18.2 Å². The van der Waals surface area contributed by atoms with Gasteiger partial charge in [-0.15, -0.1) is 0 Å². The van der Waals surface area contributed by atoms with Gasteiger partial charge in [0.1, 0.15) is 29.9 Å². The maximum absolute atomic E-state index is 14.6. The fourth-order valence-electron chi connectivity index (χ4n) is 6.82. The third-order valence-corrected chi connectivity index (χ3v) is 10.0. The summed E-state index contributed by atoms with van der Waals surface area (Å²) in [5, 5.41) is 12.9. The summed E-state index contributed by atoms with van der Waals surface area (Å²) in [6.45, 7) is 3.33. The fraction of sp³-hybridized carbons (Fsp3) is 0.382. The number of halogens is 5. The van der Waals surface area contributed by atoms with Gasteiger partial charge in [0.25, 0.3) is 5.91 Å². The topological polar surface area (TPSA) is 150 Å². The number of anilines is 3. The number of amides is 2. The number of hydrogen-bond acceptors (Lipinski definition) is 10. The molecular weight excluding hydrogens is 818 g/mol. The number of pyridine rings is 1. The predicted molar refractivity (Wildman–Crippen MR) is 197 cm³/mol. The molecule has 2 amide bonds. The van der Waals surface area contributed by atoms with Crippen LogP contribution >= 0.6 is 34.2 Å². The quantitative estimate of drug-likeness (QED) is 0.196. The van der Waals surface area contributed by atoms with E-state index in [-0.39, 0.29) is 70.8 Å². The van der Waals surface area contributed by atoms with Crippen molar-refractivity contribution in [3.05, 3.63) is 68.6 Å². The molecule has 2 N–H and O–H groups in total. The van der Waals surface area contributed by atoms with Crippen molar-refractivity contribution in [2.24, 2.45) is 0 Å². The first kappa shape index (κ1) is 37.1. The molecule has 1 aromatic carbocycles. The van der Waals surface area contributed by atoms with Crippen molar-refractivity contribution in [1.29, 1.82) is 0 Å². The Morgan fingerprint density at radius 2 is 1.96 bits per heavy atom. The number of aryl methyl sites for hydroxylation is 1. The van der Waals surface area contributed by atoms with E-state index in [9.17, 15) is 32.7 Å². The average Bonchev–Trinajstić information content (AvgIpc) is 3.08. The number of carbonyl (C=O) groups excluding carboxylic acids is 2. The number of fused-ring (bicyclic) bond motifs is 2. The van der Waals surface area contributed by atoms with Crippen LogP contribution in [0.15, 0.2) is 35.5 Å². The van der Waals surface area contributed by atoms with Crippen molar-refractivity contribution in [3.63, 3.8) is 0 Å². The van der Waals surface area contributed by atoms with Gasteiger partial charge < -0.3 is 29.7 Å². The zero-order valence-corrected chi connectivity index (χ0v) is 31.3. The van der Waals surface area contributed by atoms with Gasteiger partial charge in [-0.25, -0.2) is 19.9 Å². The van der Waals surface area contributed by atoms with Crippen molar-refractivity contribution in [3.8, 4) is 15.6 Å². The smallest absolute Gasteiger partial charge is 0.416 e. The van der Waals surface area contributed by atoms with Crippen LogP contribution < -0.4 is 20.5 Å². The first-order chi connectivity index (χ1) is 24.6. The molecule has 13 nitrogen and oxygen atoms in total. The second-order valence-electron chi connectivity index (χ2n) is 12.6. The van der Waals surface area contributed by atoms with Gasteiger partial charge in [0.15, 0.2) is 22.6 Å². The van der Waals surface area contributed by atoms with Crippen LogP contribution in [0, 0.1) is 16.8 Å². The highest BCUT2D eigenvalue weighted by atomic mass is 127. The van der Waals surface area contributed by atoms with Crippen molar-refractivity contribution in [1.82, 2.24) is 29.4 Å². The lowest BCUT2D eigenvalue weighted by Crippen LogP contribution is -2.74. The van der Waals surface area contributed by atoms with E-state index in [0.29, 0.717) is 24.4 Å². The molecule has 2 atom stereocenters. The molecule has 272 valence electrons. The molecule has 0 spiro atoms. The van der Waals surface area contributed by atoms with Gasteiger partial charge in [0.05, 0.1) is 34.2 Å². The predicted octanol–water partition coefficient (Wildman–Crippen LogP) is 4.79. The zero-order chi connectivity index (χ0) is 37.7. The molecule has 52 heavy (non-hydrogen) atoms. The molecule has 3 aromatic heterocycles. The molecule has 1 aliphatic carbocycles. The van der Waals surface area contributed by atoms with Gasteiger partial charge >= 0.3 is 6.18 Å². The van der Waals surface area contributed by atoms with Crippen LogP contribution in [-0.4, -0.2) is 85.1 Å². The number of aromatic nitrogens is 5. The summed E-state index contributed by atoms with van der Waals surface area (Å²) in [6.07, 6.45) is -0.608. The van der Waals surface area contributed by atoms with Gasteiger partial charge in [-0.3, -0.25) is 14.4 Å². The maximum atomic E-state index is 14.6. The standard InChI is InChI=1S/C34H32ClF3IN9O4/c1-5-22-28(48-13-12-46(23-8-9-33(23,48)10-11-39)32(52)27-29(50)18(2)41-17-42-27)30(51)26-31(40-15-24(44-26)45(3)4)47(22)16-25(49)43-21-7-6-19(14-20(21)35)34(36,37)38/h6-7,14-15,17,23,50H,5,8-9,12-13,16H2,1-4H3,(H,43,49)/t23-,33+/m1/s1. The van der Waals surface area contributed by atoms with E-state index in [1.54, 1.807) is 35.4 Å². The summed E-state index contributed by atoms with van der Waals surface area (Å²) < 4.78 is 44.3.